The lowest BCUT2D eigenvalue weighted by molar-refractivity contribution is -0.279. The quantitative estimate of drug-likeness (QED) is 0.0131. The molecule has 10 N–H and O–H groups in total. The van der Waals surface area contributed by atoms with E-state index in [0.29, 0.717) is 96.5 Å². The number of nitrogens with one attached hydrogen (secondary N) is 10. The fraction of sp³-hybridized carbons (Fsp3) is 0.784. The second-order valence-corrected chi connectivity index (χ2v) is 37.7. The third kappa shape index (κ3) is 54.8. The van der Waals surface area contributed by atoms with E-state index < -0.39 is 234 Å². The molecule has 0 radical (unpaired) electrons. The van der Waals surface area contributed by atoms with Crippen molar-refractivity contribution < 1.29 is 185 Å². The van der Waals surface area contributed by atoms with Gasteiger partial charge >= 0.3 is 53.7 Å². The zero-order valence-corrected chi connectivity index (χ0v) is 89.6. The monoisotopic (exact) mass is 2150 g/mol. The minimum atomic E-state index is -1.49. The molecule has 3 heterocycles. The highest BCUT2D eigenvalue weighted by atomic mass is 31.2. The van der Waals surface area contributed by atoms with Gasteiger partial charge in [0, 0.05) is 173 Å². The first-order valence-corrected chi connectivity index (χ1v) is 51.7. The molecule has 0 aromatic carbocycles. The van der Waals surface area contributed by atoms with Gasteiger partial charge in [-0.1, -0.05) is 19.3 Å². The molecule has 3 aliphatic heterocycles. The number of rotatable bonds is 72. The molecule has 0 bridgehead atoms. The average molecular weight is 2150 g/mol. The van der Waals surface area contributed by atoms with Crippen molar-refractivity contribution in [2.45, 2.75) is 343 Å². The van der Waals surface area contributed by atoms with E-state index in [2.05, 4.69) is 91.5 Å². The maximum atomic E-state index is 14.8. The van der Waals surface area contributed by atoms with Gasteiger partial charge in [0.1, 0.15) is 56.3 Å². The zero-order valence-electron chi connectivity index (χ0n) is 88.7. The number of amides is 10. The molecule has 4 aliphatic rings. The van der Waals surface area contributed by atoms with Crippen LogP contribution in [0.3, 0.4) is 0 Å². The van der Waals surface area contributed by atoms with E-state index in [1.165, 1.54) is 25.7 Å². The molecule has 149 heavy (non-hydrogen) atoms. The third-order valence-corrected chi connectivity index (χ3v) is 24.9. The largest absolute Gasteiger partial charge is 0.463 e. The molecular formula is C97H159N12O39P. The minimum absolute atomic E-state index is 0.0398. The van der Waals surface area contributed by atoms with Crippen LogP contribution in [0.2, 0.25) is 0 Å². The molecule has 0 aromatic heterocycles. The predicted molar refractivity (Wildman–Crippen MR) is 524 cm³/mol. The zero-order chi connectivity index (χ0) is 110. The van der Waals surface area contributed by atoms with E-state index in [0.717, 1.165) is 62.3 Å². The second-order valence-electron chi connectivity index (χ2n) is 36.3. The number of hydrogen-bond acceptors (Lipinski definition) is 41. The third-order valence-electron chi connectivity index (χ3n) is 22.8. The van der Waals surface area contributed by atoms with Crippen LogP contribution in [0.5, 0.6) is 0 Å². The summed E-state index contributed by atoms with van der Waals surface area (Å²) in [7, 11) is -1.49. The Hall–Kier alpha value is -10.6. The molecule has 3 saturated heterocycles. The van der Waals surface area contributed by atoms with Crippen molar-refractivity contribution in [2.24, 2.45) is 5.92 Å². The van der Waals surface area contributed by atoms with E-state index >= 15 is 0 Å². The van der Waals surface area contributed by atoms with E-state index in [4.69, 9.17) is 101 Å². The molecule has 17 unspecified atom stereocenters. The molecule has 846 valence electrons. The number of unbranched alkanes of at least 4 members (excludes halogenated alkanes) is 6. The highest BCUT2D eigenvalue weighted by Crippen LogP contribution is 2.49. The smallest absolute Gasteiger partial charge is 0.303 e. The van der Waals surface area contributed by atoms with Crippen LogP contribution >= 0.6 is 8.53 Å². The summed E-state index contributed by atoms with van der Waals surface area (Å²) in [5, 5.41) is 28.0. The summed E-state index contributed by atoms with van der Waals surface area (Å²) in [6.07, 6.45) is -3.42. The van der Waals surface area contributed by atoms with Gasteiger partial charge in [-0.2, -0.15) is 0 Å². The fourth-order valence-electron chi connectivity index (χ4n) is 16.5. The number of ether oxygens (including phenoxy) is 18. The van der Waals surface area contributed by atoms with Crippen LogP contribution in [-0.2, 0) is 185 Å². The Bertz CT molecular complexity index is 4090. The van der Waals surface area contributed by atoms with E-state index in [1.807, 2.05) is 0 Å². The maximum Gasteiger partial charge on any atom is 0.303 e. The molecule has 10 amide bonds. The first-order chi connectivity index (χ1) is 70.9. The Morgan fingerprint density at radius 3 is 0.987 bits per heavy atom. The summed E-state index contributed by atoms with van der Waals surface area (Å²) in [5.41, 5.74) is 0. The van der Waals surface area contributed by atoms with Crippen molar-refractivity contribution in [3.05, 3.63) is 0 Å². The number of terminal acetylenes is 1. The van der Waals surface area contributed by atoms with Gasteiger partial charge in [-0.3, -0.25) is 96.0 Å². The van der Waals surface area contributed by atoms with E-state index in [1.54, 1.807) is 0 Å². The average Bonchev–Trinajstić information content (AvgIpc) is 0.791. The van der Waals surface area contributed by atoms with E-state index in [-0.39, 0.29) is 173 Å². The number of carbonyl (C=O) groups excluding carboxylic acids is 19. The van der Waals surface area contributed by atoms with Crippen LogP contribution in [0.25, 0.3) is 0 Å². The molecule has 51 nitrogen and oxygen atoms in total. The lowest BCUT2D eigenvalue weighted by Gasteiger charge is -2.44. The van der Waals surface area contributed by atoms with Crippen LogP contribution in [0.4, 0.5) is 0 Å². The SMILES string of the molecule is C#CCCOP(OC1CCC(C(=O)NCCC(C(=O)NCCCCCC(=O)NCCOCCOC2OC(COC(C)=O)C(OC(C)=O)C(OC(C)=O)C2NC(C)=O)N(CC(=O)NCCCCCC(=O)NCCOCCOC2OC(COC(C)=O)C(OC(C)=O)C(OC(C)=O)C2NC(C)=O)CC(=O)NCCCCCC(=O)NCCOCCOC2OC(COC(C)=O)C(OC(C)=O)C(OC(C)=O)C2NC(C)=O)CC1)N(C(C)C)C(C)C. The van der Waals surface area contributed by atoms with Crippen LogP contribution in [0.1, 0.15) is 226 Å². The van der Waals surface area contributed by atoms with Crippen LogP contribution in [0.15, 0.2) is 0 Å². The molecule has 0 aromatic rings. The Balaban J connectivity index is 1.44. The molecule has 0 spiro atoms. The van der Waals surface area contributed by atoms with Crippen molar-refractivity contribution in [3.8, 4) is 12.3 Å². The number of hydrogen-bond donors (Lipinski definition) is 10. The molecule has 17 atom stereocenters. The molecule has 1 aliphatic carbocycles. The Morgan fingerprint density at radius 2 is 0.678 bits per heavy atom. The highest BCUT2D eigenvalue weighted by Gasteiger charge is 2.55. The number of nitrogens with zero attached hydrogens (tertiary/aromatic N) is 2. The minimum Gasteiger partial charge on any atom is -0.463 e. The van der Waals surface area contributed by atoms with Crippen molar-refractivity contribution in [1.82, 2.24) is 62.7 Å². The Labute approximate surface area is 871 Å². The van der Waals surface area contributed by atoms with Crippen molar-refractivity contribution in [2.75, 3.05) is 145 Å². The summed E-state index contributed by atoms with van der Waals surface area (Å²) in [4.78, 5) is 244. The van der Waals surface area contributed by atoms with Gasteiger partial charge in [-0.05, 0) is 98.3 Å². The molecular weight excluding hydrogens is 1990 g/mol. The van der Waals surface area contributed by atoms with E-state index in [9.17, 15) is 91.1 Å². The van der Waals surface area contributed by atoms with Crippen LogP contribution in [0, 0.1) is 18.3 Å². The lowest BCUT2D eigenvalue weighted by Crippen LogP contribution is -2.66. The van der Waals surface area contributed by atoms with Crippen LogP contribution in [-0.4, -0.2) is 383 Å². The normalized spacial score (nSPS) is 22.4. The molecule has 52 heteroatoms. The maximum absolute atomic E-state index is 14.8. The van der Waals surface area contributed by atoms with Gasteiger partial charge < -0.3 is 147 Å². The Kier molecular flexibility index (Phi) is 64.5. The fourth-order valence-corrected chi connectivity index (χ4v) is 18.2. The van der Waals surface area contributed by atoms with Crippen molar-refractivity contribution in [3.63, 3.8) is 0 Å². The van der Waals surface area contributed by atoms with Crippen LogP contribution < -0.4 is 53.2 Å². The van der Waals surface area contributed by atoms with Gasteiger partial charge in [0.2, 0.25) is 59.1 Å². The van der Waals surface area contributed by atoms with Gasteiger partial charge in [-0.25, -0.2) is 4.67 Å². The first kappa shape index (κ1) is 131. The summed E-state index contributed by atoms with van der Waals surface area (Å²) in [6.45, 7) is 20.3. The summed E-state index contributed by atoms with van der Waals surface area (Å²) >= 11 is 0. The number of esters is 9. The van der Waals surface area contributed by atoms with Gasteiger partial charge in [0.05, 0.1) is 91.3 Å². The summed E-state index contributed by atoms with van der Waals surface area (Å²) in [6, 6.07) is -4.58. The standard InChI is InChI=1S/C97H159N12O39P/c1-18-19-44-138-149(109(59(2)3)60(4)5)148-74-34-32-73(33-35-74)93(127)104-40-36-75(94(128)103-39-28-22-25-31-81(124)102-43-47-131-50-53-134-97-86(107-63(8)112)92(144-72(17)121)89(141-69(14)118)78(147-97)58-137-66(11)115)108(54-82(125)98-37-26-20-23-29-79(122)100-41-45-129-48-51-132-95-84(105-61(6)110)90(142-70(15)119)87(139-67(12)116)76(145-95)56-135-64(9)113)55-83(126)99-38-27-21-24-30-80(123)101-42-46-130-49-52-133-96-85(106-62(7)111)91(143-71(16)120)88(140-68(13)117)77(146-96)57-136-65(10)114/h1,59-60,73-78,84-92,95-97H,19-58H2,2-17H3,(H,98,125)(H,99,126)(H,100,122)(H,101,123)(H,102,124)(H,103,128)(H,104,127)(H,105,110)(H,106,111)(H,107,112). The first-order valence-electron chi connectivity index (χ1n) is 50.6. The molecule has 4 fully saturated rings. The predicted octanol–water partition coefficient (Wildman–Crippen LogP) is 0.571. The molecule has 4 rings (SSSR count). The lowest BCUT2D eigenvalue weighted by atomic mass is 9.87. The topological polar surface area (TPSA) is 636 Å². The van der Waals surface area contributed by atoms with Gasteiger partial charge in [0.15, 0.2) is 55.5 Å². The van der Waals surface area contributed by atoms with Gasteiger partial charge in [0.25, 0.3) is 8.53 Å². The summed E-state index contributed by atoms with van der Waals surface area (Å²) in [5.74, 6) is -8.97. The Morgan fingerprint density at radius 1 is 0.356 bits per heavy atom. The highest BCUT2D eigenvalue weighted by molar-refractivity contribution is 7.44. The van der Waals surface area contributed by atoms with Gasteiger partial charge in [-0.15, -0.1) is 12.3 Å². The van der Waals surface area contributed by atoms with Crippen molar-refractivity contribution in [1.29, 1.82) is 0 Å². The second kappa shape index (κ2) is 73.6. The number of carbonyl (C=O) groups is 19. The summed E-state index contributed by atoms with van der Waals surface area (Å²) < 4.78 is 116. The van der Waals surface area contributed by atoms with Crippen molar-refractivity contribution >= 4 is 121 Å². The molecule has 1 saturated carbocycles.